The summed E-state index contributed by atoms with van der Waals surface area (Å²) in [5, 5.41) is 4.18. The standard InChI is InChI=1S/C22H22F3N3O5S/c1-10(22(23,24)25)32-13-5-4-11(34(3,30)31)8-12(13)17(29)28-9-21(14-15(21)16(14)28)18-26-19(33-27-18)20(2)6-7-20/h4-5,8,10,14-16H,6-7,9H2,1-3H3/t10-,14?,15?,16?,21?/m1/s1. The van der Waals surface area contributed by atoms with E-state index >= 15 is 0 Å². The maximum Gasteiger partial charge on any atom is 0.425 e. The average Bonchev–Trinajstić information content (AvgIpc) is 3.66. The van der Waals surface area contributed by atoms with E-state index in [4.69, 9.17) is 9.26 Å². The fourth-order valence-electron chi connectivity index (χ4n) is 5.33. The zero-order chi connectivity index (χ0) is 24.4. The summed E-state index contributed by atoms with van der Waals surface area (Å²) in [5.74, 6) is 0.672. The third-order valence-electron chi connectivity index (χ3n) is 7.85. The van der Waals surface area contributed by atoms with Gasteiger partial charge in [-0.1, -0.05) is 12.1 Å². The molecule has 7 rings (SSSR count). The number of aromatic nitrogens is 2. The number of halogens is 3. The largest absolute Gasteiger partial charge is 0.480 e. The Labute approximate surface area is 193 Å². The van der Waals surface area contributed by atoms with Crippen molar-refractivity contribution in [1.82, 2.24) is 15.0 Å². The van der Waals surface area contributed by atoms with E-state index in [1.165, 1.54) is 0 Å². The lowest BCUT2D eigenvalue weighted by Gasteiger charge is -2.22. The summed E-state index contributed by atoms with van der Waals surface area (Å²) in [5.41, 5.74) is -0.676. The fourth-order valence-corrected chi connectivity index (χ4v) is 5.98. The van der Waals surface area contributed by atoms with Crippen LogP contribution in [-0.4, -0.2) is 60.5 Å². The lowest BCUT2D eigenvalue weighted by molar-refractivity contribution is -0.189. The molecule has 5 aliphatic rings. The molecule has 5 fully saturated rings. The molecule has 2 unspecified atom stereocenters. The van der Waals surface area contributed by atoms with Crippen LogP contribution in [0, 0.1) is 11.8 Å². The number of alkyl halides is 3. The molecule has 1 amide bonds. The summed E-state index contributed by atoms with van der Waals surface area (Å²) < 4.78 is 73.9. The van der Waals surface area contributed by atoms with Crippen LogP contribution in [0.15, 0.2) is 27.6 Å². The highest BCUT2D eigenvalue weighted by Gasteiger charge is 2.93. The van der Waals surface area contributed by atoms with Crippen LogP contribution in [0.1, 0.15) is 48.8 Å². The Hall–Kier alpha value is -2.63. The number of benzene rings is 1. The zero-order valence-electron chi connectivity index (χ0n) is 18.6. The number of ether oxygens (including phenoxy) is 1. The minimum atomic E-state index is -4.65. The summed E-state index contributed by atoms with van der Waals surface area (Å²) in [6, 6.07) is 3.27. The predicted molar refractivity (Wildman–Crippen MR) is 110 cm³/mol. The van der Waals surface area contributed by atoms with E-state index in [2.05, 4.69) is 17.1 Å². The van der Waals surface area contributed by atoms with Crippen LogP contribution in [-0.2, 0) is 20.7 Å². The van der Waals surface area contributed by atoms with Crippen molar-refractivity contribution < 1.29 is 35.6 Å². The average molecular weight is 497 g/mol. The molecule has 2 aliphatic heterocycles. The Kier molecular flexibility index (Phi) is 4.07. The van der Waals surface area contributed by atoms with E-state index in [1.54, 1.807) is 4.90 Å². The molecule has 0 radical (unpaired) electrons. The van der Waals surface area contributed by atoms with Gasteiger partial charge in [-0.3, -0.25) is 4.79 Å². The third kappa shape index (κ3) is 2.96. The van der Waals surface area contributed by atoms with Crippen molar-refractivity contribution in [3.05, 3.63) is 35.5 Å². The first-order valence-corrected chi connectivity index (χ1v) is 12.9. The Bertz CT molecular complexity index is 1320. The molecule has 182 valence electrons. The van der Waals surface area contributed by atoms with Crippen LogP contribution in [0.25, 0.3) is 0 Å². The molecule has 0 N–H and O–H groups in total. The van der Waals surface area contributed by atoms with Crippen LogP contribution in [0.2, 0.25) is 0 Å². The molecule has 8 nitrogen and oxygen atoms in total. The van der Waals surface area contributed by atoms with Gasteiger partial charge in [-0.05, 0) is 38.0 Å². The van der Waals surface area contributed by atoms with Crippen LogP contribution >= 0.6 is 0 Å². The second-order valence-electron chi connectivity index (χ2n) is 10.2. The van der Waals surface area contributed by atoms with Gasteiger partial charge in [-0.2, -0.15) is 18.2 Å². The van der Waals surface area contributed by atoms with Gasteiger partial charge in [0.2, 0.25) is 5.89 Å². The SMILES string of the molecule is C[C@@H](Oc1ccc(S(C)(=O)=O)cc1C(=O)N1CC2(c3noc(C4(C)CC4)n3)C3C1C32)C(F)(F)F. The van der Waals surface area contributed by atoms with Gasteiger partial charge in [-0.25, -0.2) is 8.42 Å². The van der Waals surface area contributed by atoms with E-state index in [9.17, 15) is 26.4 Å². The van der Waals surface area contributed by atoms with Gasteiger partial charge in [0.05, 0.1) is 15.9 Å². The monoisotopic (exact) mass is 497 g/mol. The van der Waals surface area contributed by atoms with Crippen molar-refractivity contribution >= 4 is 15.7 Å². The maximum absolute atomic E-state index is 13.5. The molecule has 1 aromatic heterocycles. The second-order valence-corrected chi connectivity index (χ2v) is 12.2. The highest BCUT2D eigenvalue weighted by molar-refractivity contribution is 7.90. The minimum absolute atomic E-state index is 0.0688. The maximum atomic E-state index is 13.5. The summed E-state index contributed by atoms with van der Waals surface area (Å²) in [7, 11) is -3.70. The second kappa shape index (κ2) is 6.32. The summed E-state index contributed by atoms with van der Waals surface area (Å²) in [6.07, 6.45) is -3.88. The number of hydrogen-bond donors (Lipinski definition) is 0. The molecular formula is C22H22F3N3O5S. The molecule has 3 saturated carbocycles. The number of amides is 1. The number of piperidine rings is 1. The topological polar surface area (TPSA) is 103 Å². The molecule has 1 aromatic carbocycles. The molecule has 3 heterocycles. The lowest BCUT2D eigenvalue weighted by Crippen LogP contribution is -2.33. The Morgan fingerprint density at radius 2 is 1.97 bits per heavy atom. The number of nitrogens with zero attached hydrogens (tertiary/aromatic N) is 3. The van der Waals surface area contributed by atoms with E-state index < -0.39 is 28.0 Å². The van der Waals surface area contributed by atoms with E-state index in [0.717, 1.165) is 44.2 Å². The van der Waals surface area contributed by atoms with Gasteiger partial charge < -0.3 is 14.2 Å². The molecule has 3 atom stereocenters. The highest BCUT2D eigenvalue weighted by atomic mass is 32.2. The van der Waals surface area contributed by atoms with Crippen molar-refractivity contribution in [2.75, 3.05) is 12.8 Å². The minimum Gasteiger partial charge on any atom is -0.480 e. The molecule has 2 bridgehead atoms. The van der Waals surface area contributed by atoms with E-state index in [-0.39, 0.29) is 44.9 Å². The Morgan fingerprint density at radius 1 is 1.29 bits per heavy atom. The molecule has 2 saturated heterocycles. The lowest BCUT2D eigenvalue weighted by atomic mass is 9.96. The van der Waals surface area contributed by atoms with Crippen LogP contribution in [0.4, 0.5) is 13.2 Å². The number of carbonyl (C=O) groups excluding carboxylic acids is 1. The normalized spacial score (nSPS) is 31.1. The molecular weight excluding hydrogens is 475 g/mol. The van der Waals surface area contributed by atoms with Gasteiger partial charge in [-0.15, -0.1) is 0 Å². The van der Waals surface area contributed by atoms with Crippen molar-refractivity contribution in [2.45, 2.75) is 60.7 Å². The number of rotatable bonds is 6. The van der Waals surface area contributed by atoms with Gasteiger partial charge in [0.15, 0.2) is 21.8 Å². The molecule has 3 aliphatic carbocycles. The van der Waals surface area contributed by atoms with E-state index in [1.807, 2.05) is 0 Å². The van der Waals surface area contributed by atoms with Crippen molar-refractivity contribution in [3.8, 4) is 5.75 Å². The number of sulfone groups is 1. The molecule has 0 spiro atoms. The number of fused-ring (bicyclic) bond motifs is 1. The molecule has 12 heteroatoms. The first-order valence-electron chi connectivity index (χ1n) is 11.0. The Morgan fingerprint density at radius 3 is 2.56 bits per heavy atom. The van der Waals surface area contributed by atoms with E-state index in [0.29, 0.717) is 18.3 Å². The molecule has 2 aromatic rings. The quantitative estimate of drug-likeness (QED) is 0.605. The highest BCUT2D eigenvalue weighted by Crippen LogP contribution is 2.83. The number of carbonyl (C=O) groups is 1. The smallest absolute Gasteiger partial charge is 0.425 e. The first-order chi connectivity index (χ1) is 15.8. The van der Waals surface area contributed by atoms with Gasteiger partial charge >= 0.3 is 6.18 Å². The predicted octanol–water partition coefficient (Wildman–Crippen LogP) is 2.88. The Balaban J connectivity index is 1.29. The summed E-state index contributed by atoms with van der Waals surface area (Å²) in [6.45, 7) is 3.19. The van der Waals surface area contributed by atoms with Crippen molar-refractivity contribution in [3.63, 3.8) is 0 Å². The van der Waals surface area contributed by atoms with Crippen molar-refractivity contribution in [2.24, 2.45) is 11.8 Å². The summed E-state index contributed by atoms with van der Waals surface area (Å²) >= 11 is 0. The van der Waals surface area contributed by atoms with Crippen LogP contribution < -0.4 is 4.74 Å². The fraction of sp³-hybridized carbons (Fsp3) is 0.591. The zero-order valence-corrected chi connectivity index (χ0v) is 19.4. The number of hydrogen-bond acceptors (Lipinski definition) is 7. The van der Waals surface area contributed by atoms with Crippen LogP contribution in [0.3, 0.4) is 0 Å². The third-order valence-corrected chi connectivity index (χ3v) is 8.96. The first kappa shape index (κ1) is 21.9. The van der Waals surface area contributed by atoms with Crippen LogP contribution in [0.5, 0.6) is 5.75 Å². The van der Waals surface area contributed by atoms with Gasteiger partial charge in [0, 0.05) is 36.1 Å². The van der Waals surface area contributed by atoms with Gasteiger partial charge in [0.25, 0.3) is 5.91 Å². The molecule has 34 heavy (non-hydrogen) atoms. The summed E-state index contributed by atoms with van der Waals surface area (Å²) in [4.78, 5) is 19.5. The van der Waals surface area contributed by atoms with Gasteiger partial charge in [0.1, 0.15) is 5.75 Å². The van der Waals surface area contributed by atoms with Crippen molar-refractivity contribution in [1.29, 1.82) is 0 Å².